The van der Waals surface area contributed by atoms with Crippen molar-refractivity contribution in [1.29, 1.82) is 0 Å². The minimum absolute atomic E-state index is 0.0200. The van der Waals surface area contributed by atoms with Crippen molar-refractivity contribution in [2.75, 3.05) is 12.0 Å². The minimum Gasteiger partial charge on any atom is -0.503 e. The fourth-order valence-corrected chi connectivity index (χ4v) is 4.59. The van der Waals surface area contributed by atoms with Gasteiger partial charge in [0.2, 0.25) is 5.78 Å². The Bertz CT molecular complexity index is 1440. The second-order valence-corrected chi connectivity index (χ2v) is 8.41. The summed E-state index contributed by atoms with van der Waals surface area (Å²) >= 11 is 0. The van der Waals surface area contributed by atoms with Crippen molar-refractivity contribution in [1.82, 2.24) is 0 Å². The van der Waals surface area contributed by atoms with E-state index in [0.29, 0.717) is 28.0 Å². The smallest absolute Gasteiger partial charge is 0.294 e. The molecule has 1 aliphatic rings. The zero-order valence-corrected chi connectivity index (χ0v) is 19.0. The van der Waals surface area contributed by atoms with Gasteiger partial charge in [0.25, 0.3) is 5.91 Å². The number of anilines is 1. The lowest BCUT2D eigenvalue weighted by molar-refractivity contribution is -0.117. The first-order chi connectivity index (χ1) is 16.4. The highest BCUT2D eigenvalue weighted by atomic mass is 16.5. The molecular formula is C28H23NO5. The van der Waals surface area contributed by atoms with Gasteiger partial charge in [-0.2, -0.15) is 0 Å². The van der Waals surface area contributed by atoms with Gasteiger partial charge < -0.3 is 14.3 Å². The van der Waals surface area contributed by atoms with E-state index in [9.17, 15) is 14.7 Å². The van der Waals surface area contributed by atoms with E-state index in [4.69, 9.17) is 9.15 Å². The summed E-state index contributed by atoms with van der Waals surface area (Å²) in [5.41, 5.74) is 3.66. The lowest BCUT2D eigenvalue weighted by atomic mass is 9.94. The second-order valence-electron chi connectivity index (χ2n) is 8.41. The fourth-order valence-electron chi connectivity index (χ4n) is 4.59. The number of nitrogens with zero attached hydrogens (tertiary/aromatic N) is 1. The molecule has 4 aromatic rings. The van der Waals surface area contributed by atoms with Crippen LogP contribution in [0.3, 0.4) is 0 Å². The Labute approximate surface area is 196 Å². The van der Waals surface area contributed by atoms with E-state index < -0.39 is 23.5 Å². The minimum atomic E-state index is -0.808. The molecule has 0 aliphatic carbocycles. The number of benzene rings is 3. The highest BCUT2D eigenvalue weighted by molar-refractivity contribution is 6.20. The van der Waals surface area contributed by atoms with Gasteiger partial charge in [0.15, 0.2) is 22.9 Å². The van der Waals surface area contributed by atoms with Crippen LogP contribution in [-0.2, 0) is 4.79 Å². The number of fused-ring (bicyclic) bond motifs is 1. The molecule has 1 amide bonds. The molecule has 0 saturated heterocycles. The van der Waals surface area contributed by atoms with Gasteiger partial charge in [0.1, 0.15) is 0 Å². The standard InChI is InChI=1S/C28H23NO5/c1-16-12-17(2)14-20(13-16)29-24(18-8-5-4-6-9-18)23(26(31)28(29)32)25(30)22-15-19-10-7-11-21(33-3)27(19)34-22/h4-15,24,31H,1-3H3. The normalized spacial score (nSPS) is 15.9. The molecule has 5 rings (SSSR count). The van der Waals surface area contributed by atoms with Crippen LogP contribution in [0.15, 0.2) is 88.5 Å². The molecule has 0 saturated carbocycles. The average Bonchev–Trinajstić information content (AvgIpc) is 3.38. The number of aliphatic hydroxyl groups is 1. The lowest BCUT2D eigenvalue weighted by Gasteiger charge is -2.27. The number of ketones is 1. The second kappa shape index (κ2) is 8.23. The maximum Gasteiger partial charge on any atom is 0.294 e. The van der Waals surface area contributed by atoms with Crippen molar-refractivity contribution < 1.29 is 23.8 Å². The summed E-state index contributed by atoms with van der Waals surface area (Å²) in [5.74, 6) is -1.24. The number of amides is 1. The van der Waals surface area contributed by atoms with Crippen LogP contribution in [0.25, 0.3) is 11.0 Å². The Hall–Kier alpha value is -4.32. The van der Waals surface area contributed by atoms with Crippen molar-refractivity contribution in [3.63, 3.8) is 0 Å². The number of carbonyl (C=O) groups is 2. The molecule has 170 valence electrons. The third-order valence-corrected chi connectivity index (χ3v) is 6.00. The summed E-state index contributed by atoms with van der Waals surface area (Å²) in [6.07, 6.45) is 0. The van der Waals surface area contributed by atoms with Gasteiger partial charge in [-0.25, -0.2) is 0 Å². The average molecular weight is 453 g/mol. The van der Waals surface area contributed by atoms with E-state index >= 15 is 0 Å². The molecule has 0 fully saturated rings. The Morgan fingerprint density at radius 2 is 1.68 bits per heavy atom. The van der Waals surface area contributed by atoms with Crippen molar-refractivity contribution in [3.8, 4) is 5.75 Å². The first-order valence-corrected chi connectivity index (χ1v) is 10.9. The topological polar surface area (TPSA) is 80.0 Å². The van der Waals surface area contributed by atoms with E-state index in [0.717, 1.165) is 11.1 Å². The van der Waals surface area contributed by atoms with E-state index in [1.807, 2.05) is 68.4 Å². The number of para-hydroxylation sites is 1. The summed E-state index contributed by atoms with van der Waals surface area (Å²) in [4.78, 5) is 28.6. The molecule has 0 radical (unpaired) electrons. The number of methoxy groups -OCH3 is 1. The van der Waals surface area contributed by atoms with E-state index in [1.165, 1.54) is 12.0 Å². The monoisotopic (exact) mass is 453 g/mol. The first kappa shape index (κ1) is 21.5. The maximum atomic E-state index is 13.7. The molecule has 6 nitrogen and oxygen atoms in total. The molecule has 0 spiro atoms. The summed E-state index contributed by atoms with van der Waals surface area (Å²) in [6.45, 7) is 3.88. The molecule has 3 aromatic carbocycles. The number of carbonyl (C=O) groups excluding carboxylic acids is 2. The van der Waals surface area contributed by atoms with E-state index in [-0.39, 0.29) is 11.3 Å². The molecule has 1 N–H and O–H groups in total. The molecule has 6 heteroatoms. The van der Waals surface area contributed by atoms with Crippen LogP contribution in [0.2, 0.25) is 0 Å². The van der Waals surface area contributed by atoms with E-state index in [1.54, 1.807) is 18.2 Å². The van der Waals surface area contributed by atoms with Gasteiger partial charge in [-0.3, -0.25) is 14.5 Å². The predicted octanol–water partition coefficient (Wildman–Crippen LogP) is 5.84. The molecule has 2 heterocycles. The molecule has 1 aliphatic heterocycles. The van der Waals surface area contributed by atoms with Crippen LogP contribution >= 0.6 is 0 Å². The lowest BCUT2D eigenvalue weighted by Crippen LogP contribution is -2.31. The van der Waals surface area contributed by atoms with Gasteiger partial charge in [-0.05, 0) is 54.8 Å². The van der Waals surface area contributed by atoms with Crippen LogP contribution in [-0.4, -0.2) is 23.9 Å². The Balaban J connectivity index is 1.67. The van der Waals surface area contributed by atoms with Gasteiger partial charge in [0.05, 0.1) is 18.7 Å². The third kappa shape index (κ3) is 3.44. The number of rotatable bonds is 5. The Kier molecular flexibility index (Phi) is 5.21. The van der Waals surface area contributed by atoms with Crippen molar-refractivity contribution in [3.05, 3.63) is 107 Å². The van der Waals surface area contributed by atoms with Gasteiger partial charge in [0, 0.05) is 11.1 Å². The number of hydrogen-bond acceptors (Lipinski definition) is 5. The number of hydrogen-bond donors (Lipinski definition) is 1. The van der Waals surface area contributed by atoms with Crippen LogP contribution < -0.4 is 9.64 Å². The number of aliphatic hydroxyl groups excluding tert-OH is 1. The quantitative estimate of drug-likeness (QED) is 0.384. The molecule has 1 unspecified atom stereocenters. The van der Waals surface area contributed by atoms with Gasteiger partial charge in [-0.1, -0.05) is 48.5 Å². The Morgan fingerprint density at radius 3 is 2.35 bits per heavy atom. The fraction of sp³-hybridized carbons (Fsp3) is 0.143. The molecule has 0 bridgehead atoms. The molecule has 34 heavy (non-hydrogen) atoms. The van der Waals surface area contributed by atoms with E-state index in [2.05, 4.69) is 0 Å². The summed E-state index contributed by atoms with van der Waals surface area (Å²) in [5, 5.41) is 11.7. The number of ether oxygens (including phenoxy) is 1. The largest absolute Gasteiger partial charge is 0.503 e. The third-order valence-electron chi connectivity index (χ3n) is 6.00. The highest BCUT2D eigenvalue weighted by Crippen LogP contribution is 2.43. The van der Waals surface area contributed by atoms with Crippen LogP contribution in [0.4, 0.5) is 5.69 Å². The summed E-state index contributed by atoms with van der Waals surface area (Å²) < 4.78 is 11.2. The SMILES string of the molecule is COc1cccc2cc(C(=O)C3=C(O)C(=O)N(c4cc(C)cc(C)c4)C3c3ccccc3)oc12. The van der Waals surface area contributed by atoms with Crippen LogP contribution in [0.1, 0.15) is 33.3 Å². The zero-order valence-electron chi connectivity index (χ0n) is 19.0. The number of furan rings is 1. The first-order valence-electron chi connectivity index (χ1n) is 10.9. The van der Waals surface area contributed by atoms with Crippen molar-refractivity contribution >= 4 is 28.3 Å². The molecule has 1 atom stereocenters. The predicted molar refractivity (Wildman–Crippen MR) is 129 cm³/mol. The zero-order chi connectivity index (χ0) is 24.0. The van der Waals surface area contributed by atoms with Crippen LogP contribution in [0.5, 0.6) is 5.75 Å². The van der Waals surface area contributed by atoms with Crippen LogP contribution in [0, 0.1) is 13.8 Å². The van der Waals surface area contributed by atoms with Crippen molar-refractivity contribution in [2.45, 2.75) is 19.9 Å². The van der Waals surface area contributed by atoms with Gasteiger partial charge >= 0.3 is 0 Å². The molecule has 1 aromatic heterocycles. The summed E-state index contributed by atoms with van der Waals surface area (Å²) in [6, 6.07) is 21.1. The number of aryl methyl sites for hydroxylation is 2. The van der Waals surface area contributed by atoms with Gasteiger partial charge in [-0.15, -0.1) is 0 Å². The number of Topliss-reactive ketones (excluding diaryl/α,β-unsaturated/α-hetero) is 1. The molecular weight excluding hydrogens is 430 g/mol. The van der Waals surface area contributed by atoms with Crippen molar-refractivity contribution in [2.24, 2.45) is 0 Å². The summed E-state index contributed by atoms with van der Waals surface area (Å²) in [7, 11) is 1.52. The Morgan fingerprint density at radius 1 is 0.971 bits per heavy atom. The maximum absolute atomic E-state index is 13.7. The highest BCUT2D eigenvalue weighted by Gasteiger charge is 2.45.